The average Bonchev–Trinajstić information content (AvgIpc) is 3.46. The van der Waals surface area contributed by atoms with Gasteiger partial charge in [0, 0.05) is 45.4 Å². The highest BCUT2D eigenvalue weighted by molar-refractivity contribution is 6.01. The molecule has 0 spiro atoms. The lowest BCUT2D eigenvalue weighted by atomic mass is 9.93. The number of urea groups is 2. The maximum atomic E-state index is 14.2. The normalized spacial score (nSPS) is 22.7. The Morgan fingerprint density at radius 1 is 1.12 bits per heavy atom. The molecule has 1 saturated carbocycles. The van der Waals surface area contributed by atoms with Crippen molar-refractivity contribution < 1.29 is 33.0 Å². The highest BCUT2D eigenvalue weighted by Crippen LogP contribution is 2.35. The summed E-state index contributed by atoms with van der Waals surface area (Å²) in [5.41, 5.74) is 1.01. The molecule has 0 aromatic heterocycles. The Kier molecular flexibility index (Phi) is 8.89. The van der Waals surface area contributed by atoms with Crippen molar-refractivity contribution >= 4 is 23.7 Å². The van der Waals surface area contributed by atoms with Gasteiger partial charge in [-0.05, 0) is 49.1 Å². The van der Waals surface area contributed by atoms with Crippen molar-refractivity contribution in [3.8, 4) is 6.07 Å². The van der Waals surface area contributed by atoms with E-state index in [0.29, 0.717) is 23.3 Å². The zero-order valence-corrected chi connectivity index (χ0v) is 23.6. The number of piperazine rings is 1. The van der Waals surface area contributed by atoms with E-state index in [1.54, 1.807) is 6.07 Å². The van der Waals surface area contributed by atoms with Crippen LogP contribution in [0.25, 0.3) is 0 Å². The van der Waals surface area contributed by atoms with Gasteiger partial charge in [0.2, 0.25) is 0 Å². The molecule has 3 N–H and O–H groups in total. The molecule has 2 fully saturated rings. The second-order valence-electron chi connectivity index (χ2n) is 10.8. The number of hydrogen-bond acceptors (Lipinski definition) is 7. The number of para-hydroxylation sites is 1. The minimum atomic E-state index is -1.52. The molecule has 0 bridgehead atoms. The van der Waals surface area contributed by atoms with E-state index >= 15 is 0 Å². The number of rotatable bonds is 7. The molecule has 0 radical (unpaired) electrons. The maximum Gasteiger partial charge on any atom is 0.335 e. The first kappa shape index (κ1) is 29.9. The third-order valence-electron chi connectivity index (χ3n) is 8.26. The van der Waals surface area contributed by atoms with Gasteiger partial charge in [0.05, 0.1) is 29.1 Å². The Balaban J connectivity index is 1.29. The van der Waals surface area contributed by atoms with E-state index in [4.69, 9.17) is 4.74 Å². The zero-order valence-electron chi connectivity index (χ0n) is 23.6. The zero-order chi connectivity index (χ0) is 30.7. The van der Waals surface area contributed by atoms with Crippen LogP contribution < -0.4 is 15.5 Å². The number of carboxylic acids is 1. The standard InChI is InChI=1S/C30H32F2N6O5/c1-43-17-24-26(28(39)40)27(18-6-9-22(31)23(32)14-18)38(30(42)35-24)29(41)34-20-7-8-21(15-20)36-10-12-37(13-11-36)25-5-3-2-4-19(25)16-33/h2-6,9,14,20-21,27H,7-8,10-13,15,17H2,1H3,(H,34,41)(H,35,42)(H,39,40)/t20-,21+,27-/m0/s1. The van der Waals surface area contributed by atoms with Crippen molar-refractivity contribution in [2.45, 2.75) is 37.4 Å². The monoisotopic (exact) mass is 594 g/mol. The lowest BCUT2D eigenvalue weighted by Gasteiger charge is -2.39. The summed E-state index contributed by atoms with van der Waals surface area (Å²) in [6, 6.07) is 9.15. The number of anilines is 1. The number of nitrogens with zero attached hydrogens (tertiary/aromatic N) is 4. The quantitative estimate of drug-likeness (QED) is 0.444. The molecule has 5 rings (SSSR count). The van der Waals surface area contributed by atoms with E-state index < -0.39 is 35.7 Å². The van der Waals surface area contributed by atoms with Crippen LogP contribution in [-0.4, -0.2) is 84.9 Å². The number of nitrogens with one attached hydrogen (secondary N) is 2. The number of amides is 4. The number of hydrogen-bond donors (Lipinski definition) is 3. The second-order valence-corrected chi connectivity index (χ2v) is 10.8. The Morgan fingerprint density at radius 3 is 2.53 bits per heavy atom. The first-order chi connectivity index (χ1) is 20.7. The van der Waals surface area contributed by atoms with Gasteiger partial charge in [-0.3, -0.25) is 4.90 Å². The molecule has 4 amide bonds. The lowest BCUT2D eigenvalue weighted by molar-refractivity contribution is -0.133. The number of ether oxygens (including phenoxy) is 1. The maximum absolute atomic E-state index is 14.2. The van der Waals surface area contributed by atoms with Gasteiger partial charge >= 0.3 is 18.0 Å². The minimum absolute atomic E-state index is 0.0740. The molecule has 226 valence electrons. The van der Waals surface area contributed by atoms with Crippen LogP contribution in [0.15, 0.2) is 53.7 Å². The number of carbonyl (C=O) groups excluding carboxylic acids is 2. The third-order valence-corrected chi connectivity index (χ3v) is 8.26. The molecule has 2 heterocycles. The molecule has 1 aliphatic carbocycles. The van der Waals surface area contributed by atoms with Crippen molar-refractivity contribution in [2.75, 3.05) is 44.8 Å². The fourth-order valence-corrected chi connectivity index (χ4v) is 6.22. The van der Waals surface area contributed by atoms with Gasteiger partial charge in [0.1, 0.15) is 12.1 Å². The molecule has 11 nitrogen and oxygen atoms in total. The summed E-state index contributed by atoms with van der Waals surface area (Å²) < 4.78 is 33.0. The Hall–Kier alpha value is -4.54. The number of halogens is 2. The lowest BCUT2D eigenvalue weighted by Crippen LogP contribution is -2.56. The predicted octanol–water partition coefficient (Wildman–Crippen LogP) is 3.34. The number of benzene rings is 2. The summed E-state index contributed by atoms with van der Waals surface area (Å²) in [7, 11) is 1.31. The predicted molar refractivity (Wildman–Crippen MR) is 151 cm³/mol. The number of imide groups is 1. The van der Waals surface area contributed by atoms with Crippen LogP contribution in [0.1, 0.15) is 36.4 Å². The van der Waals surface area contributed by atoms with Gasteiger partial charge < -0.3 is 25.4 Å². The van der Waals surface area contributed by atoms with Gasteiger partial charge in [-0.1, -0.05) is 18.2 Å². The fourth-order valence-electron chi connectivity index (χ4n) is 6.22. The van der Waals surface area contributed by atoms with Crippen molar-refractivity contribution in [1.29, 1.82) is 5.26 Å². The summed E-state index contributed by atoms with van der Waals surface area (Å²) in [5, 5.41) is 24.8. The van der Waals surface area contributed by atoms with Crippen LogP contribution in [0, 0.1) is 23.0 Å². The Bertz CT molecular complexity index is 1490. The van der Waals surface area contributed by atoms with Crippen molar-refractivity contribution in [2.24, 2.45) is 0 Å². The molecule has 0 unspecified atom stereocenters. The molecule has 2 aliphatic heterocycles. The summed E-state index contributed by atoms with van der Waals surface area (Å²) in [4.78, 5) is 44.3. The van der Waals surface area contributed by atoms with Crippen molar-refractivity contribution in [3.63, 3.8) is 0 Å². The smallest absolute Gasteiger partial charge is 0.335 e. The van der Waals surface area contributed by atoms with Crippen molar-refractivity contribution in [3.05, 3.63) is 76.5 Å². The average molecular weight is 595 g/mol. The number of nitriles is 1. The van der Waals surface area contributed by atoms with E-state index in [0.717, 1.165) is 56.5 Å². The van der Waals surface area contributed by atoms with Gasteiger partial charge in [-0.25, -0.2) is 28.1 Å². The molecule has 3 aliphatic rings. The molecule has 13 heteroatoms. The van der Waals surface area contributed by atoms with Gasteiger partial charge in [-0.2, -0.15) is 5.26 Å². The van der Waals surface area contributed by atoms with Crippen LogP contribution >= 0.6 is 0 Å². The second kappa shape index (κ2) is 12.8. The topological polar surface area (TPSA) is 138 Å². The van der Waals surface area contributed by atoms with Crippen LogP contribution in [0.5, 0.6) is 0 Å². The minimum Gasteiger partial charge on any atom is -0.478 e. The van der Waals surface area contributed by atoms with E-state index in [-0.39, 0.29) is 35.5 Å². The van der Waals surface area contributed by atoms with Crippen LogP contribution in [0.2, 0.25) is 0 Å². The van der Waals surface area contributed by atoms with E-state index in [1.807, 2.05) is 18.2 Å². The molecule has 3 atom stereocenters. The fraction of sp³-hybridized carbons (Fsp3) is 0.400. The van der Waals surface area contributed by atoms with Crippen LogP contribution in [-0.2, 0) is 9.53 Å². The highest BCUT2D eigenvalue weighted by Gasteiger charge is 2.44. The molecular formula is C30H32F2N6O5. The molecule has 1 saturated heterocycles. The first-order valence-electron chi connectivity index (χ1n) is 14.0. The van der Waals surface area contributed by atoms with E-state index in [2.05, 4.69) is 26.5 Å². The van der Waals surface area contributed by atoms with Gasteiger partial charge in [0.25, 0.3) is 0 Å². The van der Waals surface area contributed by atoms with Crippen LogP contribution in [0.4, 0.5) is 24.1 Å². The van der Waals surface area contributed by atoms with Gasteiger partial charge in [-0.15, -0.1) is 0 Å². The first-order valence-corrected chi connectivity index (χ1v) is 14.0. The number of carboxylic acid groups (broad SMARTS) is 1. The Morgan fingerprint density at radius 2 is 1.86 bits per heavy atom. The molecule has 2 aromatic rings. The number of carbonyl (C=O) groups is 3. The van der Waals surface area contributed by atoms with Crippen molar-refractivity contribution in [1.82, 2.24) is 20.4 Å². The molecule has 43 heavy (non-hydrogen) atoms. The highest BCUT2D eigenvalue weighted by atomic mass is 19.2. The summed E-state index contributed by atoms with van der Waals surface area (Å²) in [6.45, 7) is 2.80. The summed E-state index contributed by atoms with van der Waals surface area (Å²) in [5.74, 6) is -3.83. The number of aliphatic carboxylic acids is 1. The number of methoxy groups -OCH3 is 1. The molecular weight excluding hydrogens is 562 g/mol. The van der Waals surface area contributed by atoms with Crippen LogP contribution in [0.3, 0.4) is 0 Å². The van der Waals surface area contributed by atoms with E-state index in [1.165, 1.54) is 7.11 Å². The third kappa shape index (κ3) is 6.16. The van der Waals surface area contributed by atoms with Gasteiger partial charge in [0.15, 0.2) is 11.6 Å². The SMILES string of the molecule is COCC1=C(C(=O)O)[C@H](c2ccc(F)c(F)c2)N(C(=O)N[C@H]2CC[C@@H](N3CCN(c4ccccc4C#N)CC3)C2)C(=O)N1. The van der Waals surface area contributed by atoms with E-state index in [9.17, 15) is 33.5 Å². The molecule has 2 aromatic carbocycles. The summed E-state index contributed by atoms with van der Waals surface area (Å²) >= 11 is 0. The summed E-state index contributed by atoms with van der Waals surface area (Å²) in [6.07, 6.45) is 2.09. The largest absolute Gasteiger partial charge is 0.478 e. The Labute approximate surface area is 247 Å².